The van der Waals surface area contributed by atoms with Crippen LogP contribution in [0.2, 0.25) is 0 Å². The lowest BCUT2D eigenvalue weighted by atomic mass is 9.99. The van der Waals surface area contributed by atoms with Crippen LogP contribution in [0.1, 0.15) is 24.5 Å². The fraction of sp³-hybridized carbons (Fsp3) is 0.286. The van der Waals surface area contributed by atoms with Crippen LogP contribution in [0.4, 0.5) is 0 Å². The molecular weight excluding hydrogens is 168 g/mol. The van der Waals surface area contributed by atoms with E-state index in [9.17, 15) is 0 Å². The zero-order valence-corrected chi connectivity index (χ0v) is 8.66. The predicted octanol–water partition coefficient (Wildman–Crippen LogP) is 3.68. The second kappa shape index (κ2) is 4.28. The maximum atomic E-state index is 2.25. The van der Waals surface area contributed by atoms with E-state index in [4.69, 9.17) is 0 Å². The van der Waals surface area contributed by atoms with Gasteiger partial charge in [-0.1, -0.05) is 48.1 Å². The first kappa shape index (κ1) is 9.26. The number of allylic oxidation sites excluding steroid dienone is 4. The zero-order valence-electron chi connectivity index (χ0n) is 8.66. The van der Waals surface area contributed by atoms with Crippen LogP contribution in [0.5, 0.6) is 0 Å². The molecule has 0 amide bonds. The topological polar surface area (TPSA) is 0 Å². The Morgan fingerprint density at radius 2 is 1.79 bits per heavy atom. The molecule has 2 rings (SSSR count). The van der Waals surface area contributed by atoms with E-state index < -0.39 is 0 Å². The van der Waals surface area contributed by atoms with Gasteiger partial charge in [-0.25, -0.2) is 0 Å². The molecule has 0 radical (unpaired) electrons. The molecule has 1 aliphatic carbocycles. The van der Waals surface area contributed by atoms with E-state index in [1.54, 1.807) is 0 Å². The maximum Gasteiger partial charge on any atom is -0.00916 e. The first-order chi connectivity index (χ1) is 6.86. The molecule has 0 spiro atoms. The van der Waals surface area contributed by atoms with E-state index in [0.29, 0.717) is 0 Å². The summed E-state index contributed by atoms with van der Waals surface area (Å²) in [7, 11) is 0. The second-order valence-electron chi connectivity index (χ2n) is 3.91. The monoisotopic (exact) mass is 184 g/mol. The van der Waals surface area contributed by atoms with Crippen LogP contribution in [0, 0.1) is 0 Å². The van der Waals surface area contributed by atoms with Crippen LogP contribution in [0.15, 0.2) is 48.1 Å². The van der Waals surface area contributed by atoms with Gasteiger partial charge < -0.3 is 0 Å². The van der Waals surface area contributed by atoms with Gasteiger partial charge in [0.05, 0.1) is 0 Å². The van der Waals surface area contributed by atoms with Crippen molar-refractivity contribution < 1.29 is 0 Å². The summed E-state index contributed by atoms with van der Waals surface area (Å²) in [6.45, 7) is 2.21. The quantitative estimate of drug-likeness (QED) is 0.577. The Hall–Kier alpha value is -1.30. The van der Waals surface area contributed by atoms with Crippen LogP contribution in [-0.4, -0.2) is 0 Å². The number of rotatable bonds is 0. The summed E-state index contributed by atoms with van der Waals surface area (Å²) in [5, 5.41) is 0. The summed E-state index contributed by atoms with van der Waals surface area (Å²) < 4.78 is 0. The Morgan fingerprint density at radius 3 is 2.64 bits per heavy atom. The summed E-state index contributed by atoms with van der Waals surface area (Å²) in [5.41, 5.74) is 4.46. The van der Waals surface area contributed by atoms with Crippen molar-refractivity contribution in [1.29, 1.82) is 0 Å². The number of benzene rings is 1. The van der Waals surface area contributed by atoms with Crippen molar-refractivity contribution in [3.63, 3.8) is 0 Å². The SMILES string of the molecule is C/C1=C/C=C\Cc2ccccc2CC1. The van der Waals surface area contributed by atoms with Crippen LogP contribution in [0.25, 0.3) is 0 Å². The minimum absolute atomic E-state index is 1.07. The summed E-state index contributed by atoms with van der Waals surface area (Å²) in [5.74, 6) is 0. The van der Waals surface area contributed by atoms with E-state index in [1.807, 2.05) is 0 Å². The largest absolute Gasteiger partial charge is 0.0801 e. The van der Waals surface area contributed by atoms with Gasteiger partial charge in [-0.15, -0.1) is 0 Å². The molecule has 0 saturated heterocycles. The van der Waals surface area contributed by atoms with Gasteiger partial charge >= 0.3 is 0 Å². The van der Waals surface area contributed by atoms with Crippen molar-refractivity contribution in [3.05, 3.63) is 59.2 Å². The third kappa shape index (κ3) is 2.14. The van der Waals surface area contributed by atoms with Crippen molar-refractivity contribution in [3.8, 4) is 0 Å². The average molecular weight is 184 g/mol. The van der Waals surface area contributed by atoms with Crippen LogP contribution < -0.4 is 0 Å². The van der Waals surface area contributed by atoms with Crippen molar-refractivity contribution >= 4 is 0 Å². The highest BCUT2D eigenvalue weighted by atomic mass is 14.1. The van der Waals surface area contributed by atoms with Crippen molar-refractivity contribution in [2.75, 3.05) is 0 Å². The van der Waals surface area contributed by atoms with Gasteiger partial charge in [0.15, 0.2) is 0 Å². The molecule has 0 unspecified atom stereocenters. The lowest BCUT2D eigenvalue weighted by molar-refractivity contribution is 0.929. The molecule has 0 aliphatic heterocycles. The zero-order chi connectivity index (χ0) is 9.80. The molecule has 72 valence electrons. The fourth-order valence-electron chi connectivity index (χ4n) is 1.84. The first-order valence-electron chi connectivity index (χ1n) is 5.25. The van der Waals surface area contributed by atoms with Gasteiger partial charge in [0.1, 0.15) is 0 Å². The molecule has 0 heterocycles. The van der Waals surface area contributed by atoms with E-state index in [1.165, 1.54) is 29.5 Å². The Morgan fingerprint density at radius 1 is 1.00 bits per heavy atom. The lowest BCUT2D eigenvalue weighted by Crippen LogP contribution is -1.92. The summed E-state index contributed by atoms with van der Waals surface area (Å²) in [4.78, 5) is 0. The summed E-state index contributed by atoms with van der Waals surface area (Å²) in [6.07, 6.45) is 10.1. The molecule has 0 atom stereocenters. The molecule has 0 nitrogen and oxygen atoms in total. The Labute approximate surface area is 86.0 Å². The number of hydrogen-bond donors (Lipinski definition) is 0. The van der Waals surface area contributed by atoms with Gasteiger partial charge in [-0.3, -0.25) is 0 Å². The lowest BCUT2D eigenvalue weighted by Gasteiger charge is -2.06. The first-order valence-corrected chi connectivity index (χ1v) is 5.25. The van der Waals surface area contributed by atoms with E-state index in [-0.39, 0.29) is 0 Å². The molecule has 0 aromatic heterocycles. The van der Waals surface area contributed by atoms with Crippen LogP contribution in [0.3, 0.4) is 0 Å². The van der Waals surface area contributed by atoms with Gasteiger partial charge in [0, 0.05) is 0 Å². The number of hydrogen-bond acceptors (Lipinski definition) is 0. The van der Waals surface area contributed by atoms with Gasteiger partial charge in [0.2, 0.25) is 0 Å². The van der Waals surface area contributed by atoms with Crippen molar-refractivity contribution in [1.82, 2.24) is 0 Å². The molecular formula is C14H16. The molecule has 0 heteroatoms. The third-order valence-corrected chi connectivity index (χ3v) is 2.76. The number of aryl methyl sites for hydroxylation is 1. The Balaban J connectivity index is 2.30. The predicted molar refractivity (Wildman–Crippen MR) is 61.4 cm³/mol. The van der Waals surface area contributed by atoms with E-state index in [0.717, 1.165) is 6.42 Å². The second-order valence-corrected chi connectivity index (χ2v) is 3.91. The molecule has 0 bridgehead atoms. The minimum atomic E-state index is 1.07. The van der Waals surface area contributed by atoms with Crippen LogP contribution in [-0.2, 0) is 12.8 Å². The highest BCUT2D eigenvalue weighted by Crippen LogP contribution is 2.16. The minimum Gasteiger partial charge on any atom is -0.0801 e. The molecule has 1 aromatic rings. The van der Waals surface area contributed by atoms with Gasteiger partial charge in [0.25, 0.3) is 0 Å². The molecule has 14 heavy (non-hydrogen) atoms. The fourth-order valence-corrected chi connectivity index (χ4v) is 1.84. The Bertz CT molecular complexity index is 369. The molecule has 0 saturated carbocycles. The molecule has 0 fully saturated rings. The van der Waals surface area contributed by atoms with Crippen LogP contribution >= 0.6 is 0 Å². The van der Waals surface area contributed by atoms with Gasteiger partial charge in [-0.05, 0) is 37.3 Å². The van der Waals surface area contributed by atoms with Crippen molar-refractivity contribution in [2.45, 2.75) is 26.2 Å². The summed E-state index contributed by atoms with van der Waals surface area (Å²) >= 11 is 0. The van der Waals surface area contributed by atoms with E-state index in [2.05, 4.69) is 49.4 Å². The maximum absolute atomic E-state index is 2.25. The normalized spacial score (nSPS) is 22.2. The average Bonchev–Trinajstić information content (AvgIpc) is 2.30. The smallest absolute Gasteiger partial charge is 0.00916 e. The van der Waals surface area contributed by atoms with Crippen molar-refractivity contribution in [2.24, 2.45) is 0 Å². The molecule has 0 N–H and O–H groups in total. The third-order valence-electron chi connectivity index (χ3n) is 2.76. The highest BCUT2D eigenvalue weighted by Gasteiger charge is 2.01. The highest BCUT2D eigenvalue weighted by molar-refractivity contribution is 5.31. The molecule has 1 aromatic carbocycles. The Kier molecular flexibility index (Phi) is 2.83. The standard InChI is InChI=1S/C14H16/c1-12-6-2-3-7-13-8-4-5-9-14(13)11-10-12/h2-6,8-9H,7,10-11H2,1H3/b3-2-,12-6-. The van der Waals surface area contributed by atoms with Gasteiger partial charge in [-0.2, -0.15) is 0 Å². The molecule has 1 aliphatic rings. The summed E-state index contributed by atoms with van der Waals surface area (Å²) in [6, 6.07) is 8.76. The number of fused-ring (bicyclic) bond motifs is 1. The van der Waals surface area contributed by atoms with E-state index >= 15 is 0 Å².